The van der Waals surface area contributed by atoms with Crippen molar-refractivity contribution < 1.29 is 14.3 Å². The van der Waals surface area contributed by atoms with E-state index in [9.17, 15) is 9.59 Å². The average molecular weight is 398 g/mol. The molecule has 0 radical (unpaired) electrons. The van der Waals surface area contributed by atoms with Gasteiger partial charge >= 0.3 is 12.0 Å². The van der Waals surface area contributed by atoms with Crippen LogP contribution in [0.1, 0.15) is 35.3 Å². The zero-order valence-electron chi connectivity index (χ0n) is 16.1. The second kappa shape index (κ2) is 7.85. The predicted molar refractivity (Wildman–Crippen MR) is 111 cm³/mol. The molecular weight excluding hydrogens is 376 g/mol. The van der Waals surface area contributed by atoms with Gasteiger partial charge in [-0.1, -0.05) is 39.0 Å². The van der Waals surface area contributed by atoms with Gasteiger partial charge in [-0.2, -0.15) is 0 Å². The number of hydrogen-bond acceptors (Lipinski definition) is 5. The summed E-state index contributed by atoms with van der Waals surface area (Å²) in [6.45, 7) is 6.12. The molecule has 7 nitrogen and oxygen atoms in total. The highest BCUT2D eigenvalue weighted by molar-refractivity contribution is 7.14. The lowest BCUT2D eigenvalue weighted by atomic mass is 9.94. The molecule has 0 bridgehead atoms. The number of rotatable bonds is 4. The highest BCUT2D eigenvalue weighted by Gasteiger charge is 2.24. The monoisotopic (exact) mass is 398 g/mol. The molecule has 2 N–H and O–H groups in total. The number of amides is 2. The Morgan fingerprint density at radius 3 is 2.46 bits per heavy atom. The molecule has 2 aromatic heterocycles. The van der Waals surface area contributed by atoms with E-state index in [0.29, 0.717) is 16.4 Å². The van der Waals surface area contributed by atoms with Crippen LogP contribution >= 0.6 is 11.3 Å². The van der Waals surface area contributed by atoms with E-state index >= 15 is 0 Å². The number of hydrogen-bond donors (Lipinski definition) is 2. The molecule has 0 aliphatic heterocycles. The SMILES string of the molecule is COC(=O)c1sc(C(C)(C)C)cc1NC(=O)Nc1ccn(-c2ccccc2)n1. The Kier molecular flexibility index (Phi) is 5.51. The van der Waals surface area contributed by atoms with Gasteiger partial charge in [-0.25, -0.2) is 14.3 Å². The van der Waals surface area contributed by atoms with Gasteiger partial charge in [0.1, 0.15) is 4.88 Å². The first-order chi connectivity index (χ1) is 13.3. The number of methoxy groups -OCH3 is 1. The number of para-hydroxylation sites is 1. The van der Waals surface area contributed by atoms with Crippen molar-refractivity contribution in [3.05, 3.63) is 58.4 Å². The Morgan fingerprint density at radius 1 is 1.11 bits per heavy atom. The molecule has 0 spiro atoms. The average Bonchev–Trinajstić information content (AvgIpc) is 3.29. The Morgan fingerprint density at radius 2 is 1.82 bits per heavy atom. The van der Waals surface area contributed by atoms with Gasteiger partial charge in [0.15, 0.2) is 5.82 Å². The molecule has 0 unspecified atom stereocenters. The largest absolute Gasteiger partial charge is 0.465 e. The van der Waals surface area contributed by atoms with Crippen molar-refractivity contribution in [2.75, 3.05) is 17.7 Å². The fourth-order valence-electron chi connectivity index (χ4n) is 2.48. The fourth-order valence-corrected chi connectivity index (χ4v) is 3.57. The van der Waals surface area contributed by atoms with Gasteiger partial charge in [0.25, 0.3) is 0 Å². The van der Waals surface area contributed by atoms with Crippen LogP contribution in [0.25, 0.3) is 5.69 Å². The molecule has 0 fully saturated rings. The van der Waals surface area contributed by atoms with E-state index in [1.54, 1.807) is 23.0 Å². The molecule has 0 saturated heterocycles. The predicted octanol–water partition coefficient (Wildman–Crippen LogP) is 4.66. The molecule has 0 aliphatic carbocycles. The zero-order chi connectivity index (χ0) is 20.3. The number of thiophene rings is 1. The number of esters is 1. The third-order valence-electron chi connectivity index (χ3n) is 3.94. The third kappa shape index (κ3) is 4.40. The Balaban J connectivity index is 1.75. The molecule has 0 aliphatic rings. The Hall–Kier alpha value is -3.13. The van der Waals surface area contributed by atoms with E-state index in [0.717, 1.165) is 10.6 Å². The van der Waals surface area contributed by atoms with Crippen molar-refractivity contribution in [3.63, 3.8) is 0 Å². The maximum absolute atomic E-state index is 12.4. The summed E-state index contributed by atoms with van der Waals surface area (Å²) in [5.41, 5.74) is 1.15. The number of urea groups is 1. The highest BCUT2D eigenvalue weighted by atomic mass is 32.1. The summed E-state index contributed by atoms with van der Waals surface area (Å²) in [5, 5.41) is 9.75. The molecule has 0 saturated carbocycles. The van der Waals surface area contributed by atoms with Gasteiger partial charge in [-0.3, -0.25) is 5.32 Å². The number of nitrogens with one attached hydrogen (secondary N) is 2. The second-order valence-electron chi connectivity index (χ2n) is 7.16. The van der Waals surface area contributed by atoms with Crippen molar-refractivity contribution in [3.8, 4) is 5.69 Å². The summed E-state index contributed by atoms with van der Waals surface area (Å²) >= 11 is 1.31. The van der Waals surface area contributed by atoms with E-state index < -0.39 is 12.0 Å². The molecule has 8 heteroatoms. The van der Waals surface area contributed by atoms with E-state index in [4.69, 9.17) is 4.74 Å². The van der Waals surface area contributed by atoms with Gasteiger partial charge in [0.2, 0.25) is 0 Å². The van der Waals surface area contributed by atoms with E-state index in [1.807, 2.05) is 51.1 Å². The van der Waals surface area contributed by atoms with Gasteiger partial charge < -0.3 is 10.1 Å². The van der Waals surface area contributed by atoms with Crippen molar-refractivity contribution in [1.29, 1.82) is 0 Å². The smallest absolute Gasteiger partial charge is 0.350 e. The first-order valence-corrected chi connectivity index (χ1v) is 9.51. The Bertz CT molecular complexity index is 987. The second-order valence-corrected chi connectivity index (χ2v) is 8.21. The molecule has 3 aromatic rings. The molecular formula is C20H22N4O3S. The van der Waals surface area contributed by atoms with Gasteiger partial charge in [0, 0.05) is 17.1 Å². The number of aromatic nitrogens is 2. The molecule has 0 atom stereocenters. The van der Waals surface area contributed by atoms with Crippen molar-refractivity contribution in [2.45, 2.75) is 26.2 Å². The van der Waals surface area contributed by atoms with Crippen LogP contribution < -0.4 is 10.6 Å². The van der Waals surface area contributed by atoms with Crippen LogP contribution in [0, 0.1) is 0 Å². The van der Waals surface area contributed by atoms with Crippen LogP contribution in [0.15, 0.2) is 48.7 Å². The number of ether oxygens (including phenoxy) is 1. The van der Waals surface area contributed by atoms with E-state index in [1.165, 1.54) is 18.4 Å². The van der Waals surface area contributed by atoms with Gasteiger partial charge in [-0.05, 0) is 23.6 Å². The molecule has 2 amide bonds. The summed E-state index contributed by atoms with van der Waals surface area (Å²) in [6, 6.07) is 12.6. The first kappa shape index (κ1) is 19.6. The quantitative estimate of drug-likeness (QED) is 0.626. The Labute approximate surface area is 167 Å². The third-order valence-corrected chi connectivity index (χ3v) is 5.48. The van der Waals surface area contributed by atoms with Gasteiger partial charge in [-0.15, -0.1) is 16.4 Å². The lowest BCUT2D eigenvalue weighted by Gasteiger charge is -2.15. The normalized spacial score (nSPS) is 11.1. The van der Waals surface area contributed by atoms with Crippen molar-refractivity contribution in [1.82, 2.24) is 9.78 Å². The van der Waals surface area contributed by atoms with E-state index in [2.05, 4.69) is 15.7 Å². The van der Waals surface area contributed by atoms with Crippen LogP contribution in [0.5, 0.6) is 0 Å². The minimum Gasteiger partial charge on any atom is -0.465 e. The summed E-state index contributed by atoms with van der Waals surface area (Å²) in [5.74, 6) is -0.0867. The summed E-state index contributed by atoms with van der Waals surface area (Å²) in [6.07, 6.45) is 1.76. The summed E-state index contributed by atoms with van der Waals surface area (Å²) in [4.78, 5) is 25.8. The highest BCUT2D eigenvalue weighted by Crippen LogP contribution is 2.35. The lowest BCUT2D eigenvalue weighted by molar-refractivity contribution is 0.0607. The minimum atomic E-state index is -0.485. The molecule has 146 valence electrons. The minimum absolute atomic E-state index is 0.154. The summed E-state index contributed by atoms with van der Waals surface area (Å²) < 4.78 is 6.50. The molecule has 28 heavy (non-hydrogen) atoms. The topological polar surface area (TPSA) is 85.2 Å². The van der Waals surface area contributed by atoms with Crippen LogP contribution in [0.3, 0.4) is 0 Å². The number of carbonyl (C=O) groups is 2. The molecule has 2 heterocycles. The van der Waals surface area contributed by atoms with Crippen LogP contribution in [-0.2, 0) is 10.2 Å². The van der Waals surface area contributed by atoms with Crippen LogP contribution in [0.4, 0.5) is 16.3 Å². The number of benzene rings is 1. The number of anilines is 2. The maximum Gasteiger partial charge on any atom is 0.350 e. The molecule has 1 aromatic carbocycles. The lowest BCUT2D eigenvalue weighted by Crippen LogP contribution is -2.21. The number of nitrogens with zero attached hydrogens (tertiary/aromatic N) is 2. The summed E-state index contributed by atoms with van der Waals surface area (Å²) in [7, 11) is 1.32. The van der Waals surface area contributed by atoms with E-state index in [-0.39, 0.29) is 5.41 Å². The van der Waals surface area contributed by atoms with Gasteiger partial charge in [0.05, 0.1) is 18.5 Å². The van der Waals surface area contributed by atoms with Crippen molar-refractivity contribution in [2.24, 2.45) is 0 Å². The van der Waals surface area contributed by atoms with Crippen LogP contribution in [-0.4, -0.2) is 28.9 Å². The first-order valence-electron chi connectivity index (χ1n) is 8.69. The molecule has 3 rings (SSSR count). The van der Waals surface area contributed by atoms with Crippen molar-refractivity contribution >= 4 is 34.8 Å². The van der Waals surface area contributed by atoms with Crippen LogP contribution in [0.2, 0.25) is 0 Å². The maximum atomic E-state index is 12.4. The fraction of sp³-hybridized carbons (Fsp3) is 0.250. The number of carbonyl (C=O) groups excluding carboxylic acids is 2. The zero-order valence-corrected chi connectivity index (χ0v) is 17.0. The standard InChI is InChI=1S/C20H22N4O3S/c1-20(2,3)15-12-14(17(28-15)18(25)27-4)21-19(26)22-16-10-11-24(23-16)13-8-6-5-7-9-13/h5-12H,1-4H3,(H2,21,22,23,26).